The normalized spacial score (nSPS) is 10.1. The summed E-state index contributed by atoms with van der Waals surface area (Å²) in [6.07, 6.45) is 1.37. The maximum absolute atomic E-state index is 11.3. The summed E-state index contributed by atoms with van der Waals surface area (Å²) in [6.45, 7) is 5.10. The number of aromatic nitrogens is 2. The number of anilines is 2. The molecule has 0 bridgehead atoms. The van der Waals surface area contributed by atoms with Crippen LogP contribution in [0, 0.1) is 6.92 Å². The van der Waals surface area contributed by atoms with Crippen LogP contribution < -0.4 is 16.4 Å². The van der Waals surface area contributed by atoms with Crippen molar-refractivity contribution in [1.82, 2.24) is 15.3 Å². The molecule has 0 aromatic carbocycles. The molecule has 0 unspecified atom stereocenters. The molecule has 90 valence electrons. The first-order chi connectivity index (χ1) is 7.63. The second-order valence-electron chi connectivity index (χ2n) is 3.61. The first-order valence-electron chi connectivity index (χ1n) is 5.46. The Hall–Kier alpha value is -1.72. The van der Waals surface area contributed by atoms with Crippen molar-refractivity contribution in [3.05, 3.63) is 5.82 Å². The van der Waals surface area contributed by atoms with E-state index in [0.29, 0.717) is 24.6 Å². The number of aromatic amines is 1. The van der Waals surface area contributed by atoms with Crippen molar-refractivity contribution in [2.24, 2.45) is 0 Å². The zero-order chi connectivity index (χ0) is 12.0. The molecule has 16 heavy (non-hydrogen) atoms. The summed E-state index contributed by atoms with van der Waals surface area (Å²) in [4.78, 5) is 18.3. The smallest absolute Gasteiger partial charge is 0.221 e. The number of nitrogens with two attached hydrogens (primary N) is 1. The van der Waals surface area contributed by atoms with Crippen LogP contribution in [0.15, 0.2) is 0 Å². The summed E-state index contributed by atoms with van der Waals surface area (Å²) in [5.41, 5.74) is 5.66. The van der Waals surface area contributed by atoms with E-state index in [-0.39, 0.29) is 5.91 Å². The third-order valence-corrected chi connectivity index (χ3v) is 2.07. The maximum Gasteiger partial charge on any atom is 0.221 e. The Morgan fingerprint density at radius 3 is 2.81 bits per heavy atom. The van der Waals surface area contributed by atoms with Gasteiger partial charge in [-0.1, -0.05) is 6.92 Å². The molecule has 0 saturated heterocycles. The van der Waals surface area contributed by atoms with Gasteiger partial charge in [-0.2, -0.15) is 0 Å². The number of amides is 1. The SMILES string of the molecule is CCCNC(=O)CCNc1nc(C)[nH]c1N. The molecular weight excluding hydrogens is 206 g/mol. The van der Waals surface area contributed by atoms with E-state index in [1.54, 1.807) is 0 Å². The fourth-order valence-corrected chi connectivity index (χ4v) is 1.29. The number of nitrogens with zero attached hydrogens (tertiary/aromatic N) is 1. The number of hydrogen-bond donors (Lipinski definition) is 4. The Morgan fingerprint density at radius 2 is 2.25 bits per heavy atom. The monoisotopic (exact) mass is 225 g/mol. The van der Waals surface area contributed by atoms with Crippen molar-refractivity contribution in [2.45, 2.75) is 26.7 Å². The van der Waals surface area contributed by atoms with E-state index in [0.717, 1.165) is 18.8 Å². The zero-order valence-corrected chi connectivity index (χ0v) is 9.76. The van der Waals surface area contributed by atoms with Gasteiger partial charge in [0.2, 0.25) is 5.91 Å². The predicted octanol–water partition coefficient (Wildman–Crippen LogP) is 0.629. The molecule has 6 heteroatoms. The van der Waals surface area contributed by atoms with Crippen molar-refractivity contribution in [3.8, 4) is 0 Å². The summed E-state index contributed by atoms with van der Waals surface area (Å²) < 4.78 is 0. The number of aryl methyl sites for hydroxylation is 1. The summed E-state index contributed by atoms with van der Waals surface area (Å²) in [5.74, 6) is 1.92. The van der Waals surface area contributed by atoms with Crippen molar-refractivity contribution >= 4 is 17.5 Å². The Bertz CT molecular complexity index is 347. The van der Waals surface area contributed by atoms with Gasteiger partial charge in [-0.25, -0.2) is 4.98 Å². The van der Waals surface area contributed by atoms with E-state index in [4.69, 9.17) is 5.73 Å². The number of rotatable bonds is 6. The van der Waals surface area contributed by atoms with Gasteiger partial charge in [0.25, 0.3) is 0 Å². The van der Waals surface area contributed by atoms with E-state index >= 15 is 0 Å². The number of hydrogen-bond acceptors (Lipinski definition) is 4. The number of carbonyl (C=O) groups is 1. The summed E-state index contributed by atoms with van der Waals surface area (Å²) in [5, 5.41) is 5.81. The molecule has 0 aliphatic carbocycles. The Balaban J connectivity index is 2.25. The summed E-state index contributed by atoms with van der Waals surface area (Å²) in [7, 11) is 0. The molecule has 1 heterocycles. The van der Waals surface area contributed by atoms with Crippen LogP contribution in [-0.4, -0.2) is 29.0 Å². The van der Waals surface area contributed by atoms with Crippen molar-refractivity contribution in [1.29, 1.82) is 0 Å². The average Bonchev–Trinajstić information content (AvgIpc) is 2.55. The van der Waals surface area contributed by atoms with Gasteiger partial charge in [-0.15, -0.1) is 0 Å². The molecule has 0 atom stereocenters. The van der Waals surface area contributed by atoms with Crippen LogP contribution in [0.3, 0.4) is 0 Å². The zero-order valence-electron chi connectivity index (χ0n) is 9.76. The highest BCUT2D eigenvalue weighted by Gasteiger charge is 2.05. The van der Waals surface area contributed by atoms with Gasteiger partial charge < -0.3 is 21.4 Å². The third-order valence-electron chi connectivity index (χ3n) is 2.07. The van der Waals surface area contributed by atoms with Gasteiger partial charge in [-0.3, -0.25) is 4.79 Å². The van der Waals surface area contributed by atoms with Crippen LogP contribution in [0.1, 0.15) is 25.6 Å². The van der Waals surface area contributed by atoms with Crippen LogP contribution in [-0.2, 0) is 4.79 Å². The van der Waals surface area contributed by atoms with Crippen LogP contribution in [0.2, 0.25) is 0 Å². The fourth-order valence-electron chi connectivity index (χ4n) is 1.29. The highest BCUT2D eigenvalue weighted by atomic mass is 16.1. The Kier molecular flexibility index (Phi) is 4.63. The van der Waals surface area contributed by atoms with E-state index in [2.05, 4.69) is 20.6 Å². The predicted molar refractivity (Wildman–Crippen MR) is 64.1 cm³/mol. The van der Waals surface area contributed by atoms with Gasteiger partial charge in [-0.05, 0) is 13.3 Å². The van der Waals surface area contributed by atoms with Gasteiger partial charge in [0, 0.05) is 19.5 Å². The topological polar surface area (TPSA) is 95.8 Å². The molecule has 0 radical (unpaired) electrons. The molecule has 1 rings (SSSR count). The number of nitrogens with one attached hydrogen (secondary N) is 3. The molecule has 6 nitrogen and oxygen atoms in total. The van der Waals surface area contributed by atoms with Crippen LogP contribution in [0.25, 0.3) is 0 Å². The van der Waals surface area contributed by atoms with Crippen LogP contribution in [0.5, 0.6) is 0 Å². The minimum atomic E-state index is 0.0418. The fraction of sp³-hybridized carbons (Fsp3) is 0.600. The number of imidazole rings is 1. The van der Waals surface area contributed by atoms with Gasteiger partial charge >= 0.3 is 0 Å². The molecule has 1 aromatic rings. The molecule has 0 aliphatic heterocycles. The number of H-pyrrole nitrogens is 1. The highest BCUT2D eigenvalue weighted by Crippen LogP contribution is 2.13. The number of carbonyl (C=O) groups excluding carboxylic acids is 1. The lowest BCUT2D eigenvalue weighted by Gasteiger charge is -2.04. The quantitative estimate of drug-likeness (QED) is 0.571. The summed E-state index contributed by atoms with van der Waals surface area (Å²) >= 11 is 0. The Labute approximate surface area is 95.0 Å². The first kappa shape index (κ1) is 12.4. The molecule has 1 aromatic heterocycles. The van der Waals surface area contributed by atoms with Crippen LogP contribution >= 0.6 is 0 Å². The highest BCUT2D eigenvalue weighted by molar-refractivity contribution is 5.76. The van der Waals surface area contributed by atoms with Crippen LogP contribution in [0.4, 0.5) is 11.6 Å². The standard InChI is InChI=1S/C10H19N5O/c1-3-5-12-8(16)4-6-13-10-9(11)14-7(2)15-10/h13H,3-6,11H2,1-2H3,(H,12,16)(H,14,15). The molecule has 1 amide bonds. The lowest BCUT2D eigenvalue weighted by molar-refractivity contribution is -0.120. The van der Waals surface area contributed by atoms with Crippen molar-refractivity contribution in [2.75, 3.05) is 24.1 Å². The number of nitrogen functional groups attached to an aromatic ring is 1. The van der Waals surface area contributed by atoms with E-state index in [9.17, 15) is 4.79 Å². The lowest BCUT2D eigenvalue weighted by atomic mass is 10.3. The minimum absolute atomic E-state index is 0.0418. The molecular formula is C10H19N5O. The average molecular weight is 225 g/mol. The Morgan fingerprint density at radius 1 is 1.50 bits per heavy atom. The maximum atomic E-state index is 11.3. The van der Waals surface area contributed by atoms with Gasteiger partial charge in [0.15, 0.2) is 5.82 Å². The third kappa shape index (κ3) is 3.80. The molecule has 5 N–H and O–H groups in total. The molecule has 0 saturated carbocycles. The second-order valence-corrected chi connectivity index (χ2v) is 3.61. The van der Waals surface area contributed by atoms with Crippen molar-refractivity contribution < 1.29 is 4.79 Å². The first-order valence-corrected chi connectivity index (χ1v) is 5.46. The minimum Gasteiger partial charge on any atom is -0.382 e. The van der Waals surface area contributed by atoms with Gasteiger partial charge in [0.05, 0.1) is 0 Å². The van der Waals surface area contributed by atoms with Crippen molar-refractivity contribution in [3.63, 3.8) is 0 Å². The van der Waals surface area contributed by atoms with E-state index in [1.165, 1.54) is 0 Å². The van der Waals surface area contributed by atoms with Gasteiger partial charge in [0.1, 0.15) is 11.6 Å². The summed E-state index contributed by atoms with van der Waals surface area (Å²) in [6, 6.07) is 0. The molecule has 0 fully saturated rings. The largest absolute Gasteiger partial charge is 0.382 e. The molecule has 0 aliphatic rings. The van der Waals surface area contributed by atoms with E-state index in [1.807, 2.05) is 13.8 Å². The lowest BCUT2D eigenvalue weighted by Crippen LogP contribution is -2.26. The molecule has 0 spiro atoms. The second kappa shape index (κ2) is 5.99. The van der Waals surface area contributed by atoms with E-state index < -0.39 is 0 Å².